The number of hydrogen-bond donors (Lipinski definition) is 3. The Kier molecular flexibility index (Phi) is 7.91. The molecule has 0 aliphatic carbocycles. The Morgan fingerprint density at radius 3 is 2.81 bits per heavy atom. The Hall–Kier alpha value is -3.34. The summed E-state index contributed by atoms with van der Waals surface area (Å²) in [6.07, 6.45) is 1.31. The van der Waals surface area contributed by atoms with Gasteiger partial charge < -0.3 is 20.9 Å². The molecule has 1 aromatic heterocycles. The van der Waals surface area contributed by atoms with Crippen LogP contribution >= 0.6 is 11.6 Å². The summed E-state index contributed by atoms with van der Waals surface area (Å²) in [6, 6.07) is 11.9. The van der Waals surface area contributed by atoms with Crippen LogP contribution in [-0.2, 0) is 21.4 Å². The predicted molar refractivity (Wildman–Crippen MR) is 143 cm³/mol. The number of rotatable bonds is 8. The third kappa shape index (κ3) is 5.51. The first-order chi connectivity index (χ1) is 17.6. The van der Waals surface area contributed by atoms with Crippen molar-refractivity contribution in [1.29, 1.82) is 0 Å². The molecule has 3 aromatic rings. The molecule has 0 amide bonds. The van der Waals surface area contributed by atoms with E-state index >= 15 is 0 Å². The van der Waals surface area contributed by atoms with Crippen LogP contribution < -0.4 is 15.8 Å². The van der Waals surface area contributed by atoms with Crippen molar-refractivity contribution in [2.75, 3.05) is 30.7 Å². The highest BCUT2D eigenvalue weighted by Crippen LogP contribution is 2.37. The van der Waals surface area contributed by atoms with Gasteiger partial charge in [0.2, 0.25) is 15.9 Å². The zero-order valence-corrected chi connectivity index (χ0v) is 22.1. The number of halogens is 1. The first kappa shape index (κ1) is 26.7. The molecule has 0 spiro atoms. The maximum Gasteiger partial charge on any atom is 0.304 e. The third-order valence-corrected chi connectivity index (χ3v) is 8.66. The number of hydrogen-bond acceptors (Lipinski definition) is 7. The SMILES string of the molecule is CCNc1ccc(C(CC(=O)O)c2ccc(Cl)c(CN3CCOc4ncccc4S3(=O)=O)c2)c(C)c1N. The van der Waals surface area contributed by atoms with E-state index in [9.17, 15) is 18.3 Å². The van der Waals surface area contributed by atoms with Crippen LogP contribution in [0.1, 0.15) is 41.5 Å². The van der Waals surface area contributed by atoms with Crippen molar-refractivity contribution < 1.29 is 23.1 Å². The maximum atomic E-state index is 13.4. The van der Waals surface area contributed by atoms with Crippen molar-refractivity contribution in [2.45, 2.75) is 37.6 Å². The van der Waals surface area contributed by atoms with E-state index in [1.54, 1.807) is 24.3 Å². The summed E-state index contributed by atoms with van der Waals surface area (Å²) in [5.41, 5.74) is 10.5. The quantitative estimate of drug-likeness (QED) is 0.358. The van der Waals surface area contributed by atoms with Gasteiger partial charge in [0.1, 0.15) is 11.5 Å². The van der Waals surface area contributed by atoms with Crippen molar-refractivity contribution in [2.24, 2.45) is 0 Å². The normalized spacial score (nSPS) is 15.8. The minimum atomic E-state index is -3.89. The number of sulfonamides is 1. The lowest BCUT2D eigenvalue weighted by molar-refractivity contribution is -0.137. The molecule has 37 heavy (non-hydrogen) atoms. The van der Waals surface area contributed by atoms with Gasteiger partial charge in [-0.15, -0.1) is 0 Å². The fraction of sp³-hybridized carbons (Fsp3) is 0.308. The molecule has 11 heteroatoms. The number of nitrogens with one attached hydrogen (secondary N) is 1. The largest absolute Gasteiger partial charge is 0.481 e. The zero-order chi connectivity index (χ0) is 26.7. The van der Waals surface area contributed by atoms with E-state index in [4.69, 9.17) is 22.1 Å². The van der Waals surface area contributed by atoms with Crippen molar-refractivity contribution in [3.8, 4) is 5.88 Å². The molecule has 0 radical (unpaired) electrons. The molecule has 4 rings (SSSR count). The molecule has 1 atom stereocenters. The smallest absolute Gasteiger partial charge is 0.304 e. The second-order valence-electron chi connectivity index (χ2n) is 8.77. The molecule has 1 aliphatic rings. The highest BCUT2D eigenvalue weighted by atomic mass is 35.5. The minimum absolute atomic E-state index is 0.00425. The fourth-order valence-corrected chi connectivity index (χ4v) is 6.18. The zero-order valence-electron chi connectivity index (χ0n) is 20.6. The predicted octanol–water partition coefficient (Wildman–Crippen LogP) is 4.25. The number of benzene rings is 2. The van der Waals surface area contributed by atoms with Crippen molar-refractivity contribution in [3.05, 3.63) is 75.9 Å². The second kappa shape index (κ2) is 11.0. The number of carboxylic acid groups (broad SMARTS) is 1. The molecule has 0 saturated heterocycles. The molecule has 2 aromatic carbocycles. The number of carbonyl (C=O) groups is 1. The topological polar surface area (TPSA) is 135 Å². The van der Waals surface area contributed by atoms with Gasteiger partial charge in [0.15, 0.2) is 0 Å². The monoisotopic (exact) mass is 544 g/mol. The Labute approximate surface area is 221 Å². The highest BCUT2D eigenvalue weighted by Gasteiger charge is 2.32. The van der Waals surface area contributed by atoms with Crippen LogP contribution in [-0.4, -0.2) is 48.5 Å². The average molecular weight is 545 g/mol. The van der Waals surface area contributed by atoms with E-state index in [1.807, 2.05) is 26.0 Å². The number of aromatic nitrogens is 1. The van der Waals surface area contributed by atoms with Gasteiger partial charge in [0.05, 0.1) is 17.8 Å². The summed E-state index contributed by atoms with van der Waals surface area (Å²) in [4.78, 5) is 15.9. The van der Waals surface area contributed by atoms with E-state index in [1.165, 1.54) is 16.6 Å². The molecular formula is C26H29ClN4O5S. The molecule has 0 bridgehead atoms. The Balaban J connectivity index is 1.73. The van der Waals surface area contributed by atoms with Gasteiger partial charge >= 0.3 is 5.97 Å². The highest BCUT2D eigenvalue weighted by molar-refractivity contribution is 7.89. The molecule has 9 nitrogen and oxygen atoms in total. The fourth-order valence-electron chi connectivity index (χ4n) is 4.52. The molecule has 0 saturated carbocycles. The van der Waals surface area contributed by atoms with Gasteiger partial charge in [0.25, 0.3) is 0 Å². The first-order valence-electron chi connectivity index (χ1n) is 11.8. The van der Waals surface area contributed by atoms with Crippen LogP contribution in [0, 0.1) is 6.92 Å². The van der Waals surface area contributed by atoms with E-state index in [2.05, 4.69) is 10.3 Å². The second-order valence-corrected chi connectivity index (χ2v) is 11.1. The van der Waals surface area contributed by atoms with Gasteiger partial charge in [-0.2, -0.15) is 4.31 Å². The standard InChI is InChI=1S/C26H29ClN4O5S/c1-3-29-22-9-7-19(16(2)25(22)28)20(14-24(32)33)17-6-8-21(27)18(13-17)15-31-11-12-36-26-23(37(31,34)35)5-4-10-30-26/h4-10,13,20,29H,3,11-12,14-15,28H2,1-2H3,(H,32,33). The van der Waals surface area contributed by atoms with Crippen molar-refractivity contribution in [3.63, 3.8) is 0 Å². The Bertz CT molecular complexity index is 1430. The summed E-state index contributed by atoms with van der Waals surface area (Å²) in [5.74, 6) is -1.41. The van der Waals surface area contributed by atoms with Gasteiger partial charge in [-0.05, 0) is 60.4 Å². The van der Waals surface area contributed by atoms with E-state index in [0.717, 1.165) is 16.8 Å². The van der Waals surface area contributed by atoms with Crippen LogP contribution in [0.25, 0.3) is 0 Å². The summed E-state index contributed by atoms with van der Waals surface area (Å²) >= 11 is 6.51. The average Bonchev–Trinajstić information content (AvgIpc) is 2.98. The number of fused-ring (bicyclic) bond motifs is 1. The lowest BCUT2D eigenvalue weighted by atomic mass is 9.84. The van der Waals surface area contributed by atoms with Crippen LogP contribution in [0.5, 0.6) is 5.88 Å². The number of nitrogens with zero attached hydrogens (tertiary/aromatic N) is 2. The number of carboxylic acids is 1. The van der Waals surface area contributed by atoms with Crippen LogP contribution in [0.4, 0.5) is 11.4 Å². The lowest BCUT2D eigenvalue weighted by Gasteiger charge is -2.24. The molecule has 0 fully saturated rings. The molecule has 196 valence electrons. The number of aliphatic carboxylic acids is 1. The Morgan fingerprint density at radius 2 is 2.08 bits per heavy atom. The van der Waals surface area contributed by atoms with E-state index in [0.29, 0.717) is 28.4 Å². The number of pyridine rings is 1. The minimum Gasteiger partial charge on any atom is -0.481 e. The van der Waals surface area contributed by atoms with Gasteiger partial charge in [-0.3, -0.25) is 4.79 Å². The van der Waals surface area contributed by atoms with Gasteiger partial charge in [0, 0.05) is 36.8 Å². The molecule has 4 N–H and O–H groups in total. The molecule has 2 heterocycles. The lowest BCUT2D eigenvalue weighted by Crippen LogP contribution is -2.32. The third-order valence-electron chi connectivity index (χ3n) is 6.43. The molecular weight excluding hydrogens is 516 g/mol. The number of ether oxygens (including phenoxy) is 1. The van der Waals surface area contributed by atoms with Gasteiger partial charge in [-0.25, -0.2) is 13.4 Å². The number of nitrogens with two attached hydrogens (primary N) is 1. The first-order valence-corrected chi connectivity index (χ1v) is 13.7. The Morgan fingerprint density at radius 1 is 1.30 bits per heavy atom. The van der Waals surface area contributed by atoms with Crippen molar-refractivity contribution in [1.82, 2.24) is 9.29 Å². The van der Waals surface area contributed by atoms with Crippen LogP contribution in [0.2, 0.25) is 5.02 Å². The summed E-state index contributed by atoms with van der Waals surface area (Å²) in [6.45, 7) is 4.78. The number of nitrogen functional groups attached to an aromatic ring is 1. The summed E-state index contributed by atoms with van der Waals surface area (Å²) in [5, 5.41) is 13.3. The van der Waals surface area contributed by atoms with Gasteiger partial charge in [-0.1, -0.05) is 29.8 Å². The summed E-state index contributed by atoms with van der Waals surface area (Å²) < 4.78 is 33.6. The van der Waals surface area contributed by atoms with E-state index in [-0.39, 0.29) is 36.9 Å². The molecule has 1 aliphatic heterocycles. The summed E-state index contributed by atoms with van der Waals surface area (Å²) in [7, 11) is -3.89. The number of anilines is 2. The van der Waals surface area contributed by atoms with Crippen molar-refractivity contribution >= 4 is 39.0 Å². The maximum absolute atomic E-state index is 13.4. The van der Waals surface area contributed by atoms with Crippen LogP contribution in [0.3, 0.4) is 0 Å². The molecule has 1 unspecified atom stereocenters. The van der Waals surface area contributed by atoms with E-state index < -0.39 is 21.9 Å². The van der Waals surface area contributed by atoms with Crippen LogP contribution in [0.15, 0.2) is 53.6 Å².